The van der Waals surface area contributed by atoms with E-state index in [2.05, 4.69) is 71.7 Å². The van der Waals surface area contributed by atoms with Crippen molar-refractivity contribution >= 4 is 0 Å². The Balaban J connectivity index is 1.98. The van der Waals surface area contributed by atoms with Crippen LogP contribution in [0.2, 0.25) is 0 Å². The zero-order chi connectivity index (χ0) is 17.6. The number of hydrogen-bond acceptors (Lipinski definition) is 3. The van der Waals surface area contributed by atoms with E-state index >= 15 is 0 Å². The number of hydrogen-bond donors (Lipinski definition) is 1. The van der Waals surface area contributed by atoms with Crippen molar-refractivity contribution < 1.29 is 4.74 Å². The Morgan fingerprint density at radius 1 is 1.00 bits per heavy atom. The monoisotopic (exact) mass is 335 g/mol. The van der Waals surface area contributed by atoms with Gasteiger partial charge in [-0.2, -0.15) is 5.10 Å². The molecular formula is C21H25N3O. The highest BCUT2D eigenvalue weighted by Gasteiger charge is 2.15. The molecule has 0 spiro atoms. The fourth-order valence-corrected chi connectivity index (χ4v) is 2.90. The molecule has 130 valence electrons. The van der Waals surface area contributed by atoms with Crippen molar-refractivity contribution in [3.63, 3.8) is 0 Å². The lowest BCUT2D eigenvalue weighted by Crippen LogP contribution is -2.19. The van der Waals surface area contributed by atoms with E-state index in [4.69, 9.17) is 4.74 Å². The van der Waals surface area contributed by atoms with Gasteiger partial charge in [0.1, 0.15) is 12.4 Å². The summed E-state index contributed by atoms with van der Waals surface area (Å²) in [5.74, 6) is 0.948. The summed E-state index contributed by atoms with van der Waals surface area (Å²) in [6, 6.07) is 16.8. The van der Waals surface area contributed by atoms with Crippen molar-refractivity contribution in [2.24, 2.45) is 0 Å². The number of likely N-dealkylation sites (N-methyl/N-ethyl adjacent to an activating group) is 1. The van der Waals surface area contributed by atoms with Crippen LogP contribution in [-0.2, 0) is 6.42 Å². The van der Waals surface area contributed by atoms with Gasteiger partial charge in [0.05, 0.1) is 6.20 Å². The van der Waals surface area contributed by atoms with Crippen LogP contribution < -0.4 is 4.74 Å². The molecule has 0 saturated heterocycles. The normalized spacial score (nSPS) is 11.0. The summed E-state index contributed by atoms with van der Waals surface area (Å²) in [5.41, 5.74) is 5.85. The molecule has 3 rings (SSSR count). The van der Waals surface area contributed by atoms with Crippen LogP contribution in [0.3, 0.4) is 0 Å². The van der Waals surface area contributed by atoms with E-state index in [1.807, 2.05) is 19.2 Å². The Morgan fingerprint density at radius 3 is 2.48 bits per heavy atom. The van der Waals surface area contributed by atoms with Gasteiger partial charge in [0.15, 0.2) is 0 Å². The quantitative estimate of drug-likeness (QED) is 0.711. The third-order valence-corrected chi connectivity index (χ3v) is 4.27. The van der Waals surface area contributed by atoms with E-state index in [0.717, 1.165) is 30.0 Å². The molecule has 0 atom stereocenters. The Kier molecular flexibility index (Phi) is 5.51. The van der Waals surface area contributed by atoms with Crippen molar-refractivity contribution in [1.29, 1.82) is 0 Å². The largest absolute Gasteiger partial charge is 0.492 e. The van der Waals surface area contributed by atoms with E-state index in [1.165, 1.54) is 16.7 Å². The van der Waals surface area contributed by atoms with Crippen LogP contribution in [0.25, 0.3) is 11.1 Å². The van der Waals surface area contributed by atoms with Crippen LogP contribution in [-0.4, -0.2) is 42.3 Å². The number of aromatic nitrogens is 2. The van der Waals surface area contributed by atoms with Crippen molar-refractivity contribution in [3.8, 4) is 16.9 Å². The van der Waals surface area contributed by atoms with E-state index in [1.54, 1.807) is 0 Å². The standard InChI is InChI=1S/C21H25N3O/c1-16-20(15-22-23-16)18-10-7-11-21(25-13-12-24(2)3)19(18)14-17-8-5-4-6-9-17/h4-11,15H,12-14H2,1-3H3,(H,22,23). The number of ether oxygens (including phenoxy) is 1. The minimum absolute atomic E-state index is 0.669. The fraction of sp³-hybridized carbons (Fsp3) is 0.286. The molecule has 0 unspecified atom stereocenters. The summed E-state index contributed by atoms with van der Waals surface area (Å²) < 4.78 is 6.13. The average molecular weight is 335 g/mol. The minimum Gasteiger partial charge on any atom is -0.492 e. The first-order chi connectivity index (χ1) is 12.1. The lowest BCUT2D eigenvalue weighted by atomic mass is 9.94. The molecule has 4 heteroatoms. The Bertz CT molecular complexity index is 809. The van der Waals surface area contributed by atoms with Crippen LogP contribution in [0, 0.1) is 6.92 Å². The summed E-state index contributed by atoms with van der Waals surface area (Å²) in [4.78, 5) is 2.13. The minimum atomic E-state index is 0.669. The van der Waals surface area contributed by atoms with Gasteiger partial charge in [0, 0.05) is 29.8 Å². The Labute approximate surface area is 149 Å². The van der Waals surface area contributed by atoms with Gasteiger partial charge >= 0.3 is 0 Å². The molecule has 0 radical (unpaired) electrons. The van der Waals surface area contributed by atoms with E-state index < -0.39 is 0 Å². The molecule has 0 aliphatic heterocycles. The molecule has 4 nitrogen and oxygen atoms in total. The van der Waals surface area contributed by atoms with Crippen LogP contribution >= 0.6 is 0 Å². The molecule has 0 aliphatic carbocycles. The maximum absolute atomic E-state index is 6.13. The number of nitrogens with zero attached hydrogens (tertiary/aromatic N) is 2. The molecular weight excluding hydrogens is 310 g/mol. The van der Waals surface area contributed by atoms with Crippen molar-refractivity contribution in [2.45, 2.75) is 13.3 Å². The van der Waals surface area contributed by atoms with Gasteiger partial charge in [0.25, 0.3) is 0 Å². The molecule has 1 heterocycles. The van der Waals surface area contributed by atoms with Gasteiger partial charge in [-0.05, 0) is 38.2 Å². The van der Waals surface area contributed by atoms with Crippen LogP contribution in [0.5, 0.6) is 5.75 Å². The van der Waals surface area contributed by atoms with Crippen molar-refractivity contribution in [2.75, 3.05) is 27.2 Å². The second-order valence-corrected chi connectivity index (χ2v) is 6.51. The van der Waals surface area contributed by atoms with E-state index in [9.17, 15) is 0 Å². The first-order valence-electron chi connectivity index (χ1n) is 8.59. The lowest BCUT2D eigenvalue weighted by molar-refractivity contribution is 0.260. The maximum atomic E-state index is 6.13. The SMILES string of the molecule is Cc1[nH]ncc1-c1cccc(OCCN(C)C)c1Cc1ccccc1. The zero-order valence-corrected chi connectivity index (χ0v) is 15.1. The zero-order valence-electron chi connectivity index (χ0n) is 15.1. The summed E-state index contributed by atoms with van der Waals surface area (Å²) in [7, 11) is 4.11. The highest BCUT2D eigenvalue weighted by Crippen LogP contribution is 2.33. The molecule has 1 aromatic heterocycles. The van der Waals surface area contributed by atoms with Gasteiger partial charge in [-0.3, -0.25) is 5.10 Å². The van der Waals surface area contributed by atoms with E-state index in [-0.39, 0.29) is 0 Å². The number of H-pyrrole nitrogens is 1. The van der Waals surface area contributed by atoms with Gasteiger partial charge in [-0.1, -0.05) is 42.5 Å². The molecule has 3 aromatic rings. The summed E-state index contributed by atoms with van der Waals surface area (Å²) >= 11 is 0. The summed E-state index contributed by atoms with van der Waals surface area (Å²) in [5, 5.41) is 7.23. The number of aryl methyl sites for hydroxylation is 1. The Hall–Kier alpha value is -2.59. The second-order valence-electron chi connectivity index (χ2n) is 6.51. The van der Waals surface area contributed by atoms with Crippen LogP contribution in [0.1, 0.15) is 16.8 Å². The topological polar surface area (TPSA) is 41.1 Å². The maximum Gasteiger partial charge on any atom is 0.123 e. The second kappa shape index (κ2) is 7.99. The molecule has 0 saturated carbocycles. The smallest absolute Gasteiger partial charge is 0.123 e. The number of rotatable bonds is 7. The first-order valence-corrected chi connectivity index (χ1v) is 8.59. The molecule has 0 bridgehead atoms. The van der Waals surface area contributed by atoms with Gasteiger partial charge in [-0.15, -0.1) is 0 Å². The molecule has 2 aromatic carbocycles. The molecule has 0 aliphatic rings. The van der Waals surface area contributed by atoms with E-state index in [0.29, 0.717) is 6.61 Å². The highest BCUT2D eigenvalue weighted by molar-refractivity contribution is 5.72. The predicted octanol–water partition coefficient (Wildman–Crippen LogP) is 3.92. The number of benzene rings is 2. The average Bonchev–Trinajstić information content (AvgIpc) is 3.03. The van der Waals surface area contributed by atoms with Crippen molar-refractivity contribution in [1.82, 2.24) is 15.1 Å². The van der Waals surface area contributed by atoms with Crippen molar-refractivity contribution in [3.05, 3.63) is 71.5 Å². The molecule has 1 N–H and O–H groups in total. The molecule has 0 fully saturated rings. The third-order valence-electron chi connectivity index (χ3n) is 4.27. The first kappa shape index (κ1) is 17.2. The number of nitrogens with one attached hydrogen (secondary N) is 1. The molecule has 0 amide bonds. The fourth-order valence-electron chi connectivity index (χ4n) is 2.90. The Morgan fingerprint density at radius 2 is 1.80 bits per heavy atom. The van der Waals surface area contributed by atoms with Gasteiger partial charge < -0.3 is 9.64 Å². The highest BCUT2D eigenvalue weighted by atomic mass is 16.5. The van der Waals surface area contributed by atoms with Crippen LogP contribution in [0.4, 0.5) is 0 Å². The third kappa shape index (κ3) is 4.28. The summed E-state index contributed by atoms with van der Waals surface area (Å²) in [6.45, 7) is 3.61. The van der Waals surface area contributed by atoms with Gasteiger partial charge in [0.2, 0.25) is 0 Å². The van der Waals surface area contributed by atoms with Gasteiger partial charge in [-0.25, -0.2) is 0 Å². The molecule has 25 heavy (non-hydrogen) atoms. The predicted molar refractivity (Wildman–Crippen MR) is 102 cm³/mol. The number of aromatic amines is 1. The lowest BCUT2D eigenvalue weighted by Gasteiger charge is -2.17. The van der Waals surface area contributed by atoms with Crippen LogP contribution in [0.15, 0.2) is 54.7 Å². The summed E-state index contributed by atoms with van der Waals surface area (Å²) in [6.07, 6.45) is 2.72.